The molecule has 0 saturated heterocycles. The number of amides is 1. The molecule has 2 rings (SSSR count). The molecule has 2 N–H and O–H groups in total. The molecule has 1 heterocycles. The number of benzene rings is 1. The van der Waals surface area contributed by atoms with Gasteiger partial charge in [-0.3, -0.25) is 9.59 Å². The van der Waals surface area contributed by atoms with E-state index in [0.29, 0.717) is 12.7 Å². The maximum absolute atomic E-state index is 12.5. The Morgan fingerprint density at radius 2 is 1.75 bits per heavy atom. The van der Waals surface area contributed by atoms with Gasteiger partial charge in [-0.1, -0.05) is 24.3 Å². The van der Waals surface area contributed by atoms with Crippen LogP contribution in [0.3, 0.4) is 0 Å². The predicted octanol–water partition coefficient (Wildman–Crippen LogP) is 2.47. The number of carbonyl (C=O) groups is 1. The van der Waals surface area contributed by atoms with E-state index in [1.165, 1.54) is 0 Å². The Kier molecular flexibility index (Phi) is 5.40. The van der Waals surface area contributed by atoms with Gasteiger partial charge in [-0.05, 0) is 23.3 Å². The molecule has 0 spiro atoms. The Balaban J connectivity index is 2.02. The molecular weight excluding hydrogens is 325 g/mol. The van der Waals surface area contributed by atoms with Crippen LogP contribution in [0.25, 0.3) is 0 Å². The first kappa shape index (κ1) is 17.7. The Labute approximate surface area is 135 Å². The Morgan fingerprint density at radius 3 is 2.29 bits per heavy atom. The standard InChI is InChI=1S/C16H15F3N2O3/c1-24-9-11-4-2-10(3-5-11)8-20-15(23)13-7-6-12(14(22)21-13)16(17,18)19/h2-7H,8-9H2,1H3,(H,20,23)(H,21,22). The van der Waals surface area contributed by atoms with Crippen molar-refractivity contribution in [3.05, 3.63) is 69.1 Å². The van der Waals surface area contributed by atoms with Crippen LogP contribution in [0, 0.1) is 0 Å². The average molecular weight is 340 g/mol. The van der Waals surface area contributed by atoms with E-state index in [2.05, 4.69) is 5.32 Å². The van der Waals surface area contributed by atoms with Crippen molar-refractivity contribution in [2.24, 2.45) is 0 Å². The van der Waals surface area contributed by atoms with Gasteiger partial charge in [0, 0.05) is 13.7 Å². The second-order valence-electron chi connectivity index (χ2n) is 5.04. The summed E-state index contributed by atoms with van der Waals surface area (Å²) in [6.07, 6.45) is -4.76. The average Bonchev–Trinajstić information content (AvgIpc) is 2.53. The fraction of sp³-hybridized carbons (Fsp3) is 0.250. The van der Waals surface area contributed by atoms with Crippen LogP contribution in [0.5, 0.6) is 0 Å². The highest BCUT2D eigenvalue weighted by atomic mass is 19.4. The predicted molar refractivity (Wildman–Crippen MR) is 80.4 cm³/mol. The molecule has 1 amide bonds. The molecule has 0 radical (unpaired) electrons. The second-order valence-corrected chi connectivity index (χ2v) is 5.04. The number of hydrogen-bond acceptors (Lipinski definition) is 3. The molecule has 24 heavy (non-hydrogen) atoms. The Hall–Kier alpha value is -2.61. The number of methoxy groups -OCH3 is 1. The number of nitrogens with one attached hydrogen (secondary N) is 2. The van der Waals surface area contributed by atoms with Crippen molar-refractivity contribution < 1.29 is 22.7 Å². The van der Waals surface area contributed by atoms with Crippen molar-refractivity contribution in [3.63, 3.8) is 0 Å². The number of rotatable bonds is 5. The number of alkyl halides is 3. The van der Waals surface area contributed by atoms with E-state index in [0.717, 1.165) is 17.2 Å². The number of aromatic amines is 1. The number of halogens is 3. The SMILES string of the molecule is COCc1ccc(CNC(=O)c2ccc(C(F)(F)F)c(=O)[nH]2)cc1. The van der Waals surface area contributed by atoms with Gasteiger partial charge in [-0.2, -0.15) is 13.2 Å². The highest BCUT2D eigenvalue weighted by Gasteiger charge is 2.34. The van der Waals surface area contributed by atoms with Gasteiger partial charge in [0.2, 0.25) is 0 Å². The molecule has 0 atom stereocenters. The molecule has 0 bridgehead atoms. The van der Waals surface area contributed by atoms with E-state index >= 15 is 0 Å². The molecule has 2 aromatic rings. The van der Waals surface area contributed by atoms with Crippen LogP contribution in [-0.2, 0) is 24.1 Å². The van der Waals surface area contributed by atoms with E-state index in [9.17, 15) is 22.8 Å². The lowest BCUT2D eigenvalue weighted by Gasteiger charge is -2.08. The number of pyridine rings is 1. The fourth-order valence-corrected chi connectivity index (χ4v) is 2.03. The maximum atomic E-state index is 12.5. The van der Waals surface area contributed by atoms with Crippen LogP contribution >= 0.6 is 0 Å². The summed E-state index contributed by atoms with van der Waals surface area (Å²) in [5.41, 5.74) is -1.15. The van der Waals surface area contributed by atoms with Gasteiger partial charge in [0.05, 0.1) is 6.61 Å². The number of H-pyrrole nitrogens is 1. The minimum absolute atomic E-state index is 0.176. The summed E-state index contributed by atoms with van der Waals surface area (Å²) >= 11 is 0. The molecule has 0 unspecified atom stereocenters. The van der Waals surface area contributed by atoms with Crippen molar-refractivity contribution in [1.82, 2.24) is 10.3 Å². The first-order chi connectivity index (χ1) is 11.3. The molecular formula is C16H15F3N2O3. The van der Waals surface area contributed by atoms with Crippen molar-refractivity contribution in [2.75, 3.05) is 7.11 Å². The summed E-state index contributed by atoms with van der Waals surface area (Å²) in [4.78, 5) is 25.3. The maximum Gasteiger partial charge on any atom is 0.421 e. The second kappa shape index (κ2) is 7.31. The van der Waals surface area contributed by atoms with Crippen molar-refractivity contribution in [3.8, 4) is 0 Å². The van der Waals surface area contributed by atoms with Gasteiger partial charge in [0.25, 0.3) is 11.5 Å². The lowest BCUT2D eigenvalue weighted by Crippen LogP contribution is -2.28. The van der Waals surface area contributed by atoms with E-state index in [1.54, 1.807) is 19.2 Å². The quantitative estimate of drug-likeness (QED) is 0.878. The molecule has 5 nitrogen and oxygen atoms in total. The van der Waals surface area contributed by atoms with Gasteiger partial charge < -0.3 is 15.0 Å². The normalized spacial score (nSPS) is 11.3. The largest absolute Gasteiger partial charge is 0.421 e. The van der Waals surface area contributed by atoms with Crippen molar-refractivity contribution in [1.29, 1.82) is 0 Å². The van der Waals surface area contributed by atoms with Crippen LogP contribution in [0.4, 0.5) is 13.2 Å². The van der Waals surface area contributed by atoms with Gasteiger partial charge in [0.1, 0.15) is 11.3 Å². The van der Waals surface area contributed by atoms with Gasteiger partial charge >= 0.3 is 6.18 Å². The number of hydrogen-bond donors (Lipinski definition) is 2. The molecule has 1 aromatic carbocycles. The van der Waals surface area contributed by atoms with E-state index in [1.807, 2.05) is 17.1 Å². The molecule has 128 valence electrons. The summed E-state index contributed by atoms with van der Waals surface area (Å²) in [6.45, 7) is 0.647. The minimum atomic E-state index is -4.76. The molecule has 0 aliphatic heterocycles. The van der Waals surface area contributed by atoms with Crippen molar-refractivity contribution in [2.45, 2.75) is 19.3 Å². The topological polar surface area (TPSA) is 71.2 Å². The molecule has 0 aliphatic rings. The zero-order valence-electron chi connectivity index (χ0n) is 12.7. The lowest BCUT2D eigenvalue weighted by molar-refractivity contribution is -0.138. The molecule has 1 aromatic heterocycles. The van der Waals surface area contributed by atoms with Crippen molar-refractivity contribution >= 4 is 5.91 Å². The van der Waals surface area contributed by atoms with E-state index < -0.39 is 23.2 Å². The van der Waals surface area contributed by atoms with Crippen LogP contribution in [0.1, 0.15) is 27.2 Å². The summed E-state index contributed by atoms with van der Waals surface area (Å²) in [6, 6.07) is 8.79. The monoisotopic (exact) mass is 340 g/mol. The first-order valence-electron chi connectivity index (χ1n) is 6.96. The molecule has 0 fully saturated rings. The fourth-order valence-electron chi connectivity index (χ4n) is 2.03. The third kappa shape index (κ3) is 4.45. The summed E-state index contributed by atoms with van der Waals surface area (Å²) < 4.78 is 42.5. The molecule has 8 heteroatoms. The number of aromatic nitrogens is 1. The third-order valence-electron chi connectivity index (χ3n) is 3.25. The van der Waals surface area contributed by atoms with Gasteiger partial charge in [-0.25, -0.2) is 0 Å². The van der Waals surface area contributed by atoms with Gasteiger partial charge in [-0.15, -0.1) is 0 Å². The van der Waals surface area contributed by atoms with Crippen LogP contribution in [-0.4, -0.2) is 18.0 Å². The smallest absolute Gasteiger partial charge is 0.380 e. The van der Waals surface area contributed by atoms with Gasteiger partial charge in [0.15, 0.2) is 0 Å². The summed E-state index contributed by atoms with van der Waals surface area (Å²) in [5.74, 6) is -0.665. The first-order valence-corrected chi connectivity index (χ1v) is 6.96. The minimum Gasteiger partial charge on any atom is -0.380 e. The number of ether oxygens (including phenoxy) is 1. The van der Waals surface area contributed by atoms with E-state index in [4.69, 9.17) is 4.74 Å². The van der Waals surface area contributed by atoms with Crippen LogP contribution in [0.2, 0.25) is 0 Å². The summed E-state index contributed by atoms with van der Waals surface area (Å²) in [7, 11) is 1.58. The highest BCUT2D eigenvalue weighted by Crippen LogP contribution is 2.25. The number of carbonyl (C=O) groups excluding carboxylic acids is 1. The molecule has 0 saturated carbocycles. The Bertz CT molecular complexity index is 767. The highest BCUT2D eigenvalue weighted by molar-refractivity contribution is 5.92. The zero-order valence-corrected chi connectivity index (χ0v) is 12.7. The molecule has 0 aliphatic carbocycles. The lowest BCUT2D eigenvalue weighted by atomic mass is 10.1. The van der Waals surface area contributed by atoms with E-state index in [-0.39, 0.29) is 12.2 Å². The third-order valence-corrected chi connectivity index (χ3v) is 3.25. The Morgan fingerprint density at radius 1 is 1.12 bits per heavy atom. The van der Waals surface area contributed by atoms with Crippen LogP contribution in [0.15, 0.2) is 41.2 Å². The zero-order chi connectivity index (χ0) is 17.7. The van der Waals surface area contributed by atoms with Crippen LogP contribution < -0.4 is 10.9 Å². The summed E-state index contributed by atoms with van der Waals surface area (Å²) in [5, 5.41) is 2.53.